The molecular weight excluding hydrogens is 216 g/mol. The van der Waals surface area contributed by atoms with Crippen LogP contribution in [0.2, 0.25) is 0 Å². The molecule has 0 radical (unpaired) electrons. The Morgan fingerprint density at radius 3 is 1.85 bits per heavy atom. The van der Waals surface area contributed by atoms with Gasteiger partial charge in [0.05, 0.1) is 4.90 Å². The van der Waals surface area contributed by atoms with Crippen LogP contribution >= 0.6 is 0 Å². The van der Waals surface area contributed by atoms with E-state index < -0.39 is 33.4 Å². The first-order chi connectivity index (χ1) is 5.52. The summed E-state index contributed by atoms with van der Waals surface area (Å²) in [6.45, 7) is 0. The summed E-state index contributed by atoms with van der Waals surface area (Å²) in [5.41, 5.74) is 0. The van der Waals surface area contributed by atoms with Crippen LogP contribution in [0.4, 0.5) is 13.2 Å². The molecule has 2 nitrogen and oxygen atoms in total. The van der Waals surface area contributed by atoms with Gasteiger partial charge in [0, 0.05) is 12.1 Å². The first-order valence-electron chi connectivity index (χ1n) is 2.76. The van der Waals surface area contributed by atoms with Crippen LogP contribution in [-0.4, -0.2) is 8.76 Å². The molecule has 0 N–H and O–H groups in total. The van der Waals surface area contributed by atoms with E-state index in [1.807, 2.05) is 0 Å². The summed E-state index contributed by atoms with van der Waals surface area (Å²) in [4.78, 5) is -1.14. The second-order valence-electron chi connectivity index (χ2n) is 1.93. The molecule has 0 fully saturated rings. The molecule has 0 spiro atoms. The molecule has 0 aliphatic carbocycles. The Kier molecular flexibility index (Phi) is 5.16. The van der Waals surface area contributed by atoms with Crippen molar-refractivity contribution in [3.63, 3.8) is 0 Å². The molecule has 7 heteroatoms. The van der Waals surface area contributed by atoms with Crippen LogP contribution in [0.5, 0.6) is 0 Å². The van der Waals surface area contributed by atoms with Gasteiger partial charge in [-0.2, -0.15) is 0 Å². The third-order valence-corrected chi connectivity index (χ3v) is 1.85. The summed E-state index contributed by atoms with van der Waals surface area (Å²) >= 11 is -3.03. The molecule has 0 saturated carbocycles. The Hall–Kier alpha value is 0.120. The summed E-state index contributed by atoms with van der Waals surface area (Å²) in [7, 11) is 0. The fourth-order valence-corrected chi connectivity index (χ4v) is 1.12. The molecule has 0 bridgehead atoms. The minimum atomic E-state index is -3.03. The summed E-state index contributed by atoms with van der Waals surface area (Å²) in [6, 6.07) is 0.600. The van der Waals surface area contributed by atoms with Crippen molar-refractivity contribution < 1.29 is 51.5 Å². The fourth-order valence-electron chi connectivity index (χ4n) is 0.688. The molecular formula is C6H2F3NaO2S. The maximum absolute atomic E-state index is 12.5. The van der Waals surface area contributed by atoms with Crippen LogP contribution in [0.1, 0.15) is 0 Å². The van der Waals surface area contributed by atoms with E-state index in [0.29, 0.717) is 12.1 Å². The van der Waals surface area contributed by atoms with E-state index in [-0.39, 0.29) is 29.6 Å². The van der Waals surface area contributed by atoms with Crippen LogP contribution in [0.3, 0.4) is 0 Å². The van der Waals surface area contributed by atoms with Crippen molar-refractivity contribution in [2.75, 3.05) is 0 Å². The molecule has 1 aromatic carbocycles. The molecule has 1 unspecified atom stereocenters. The molecule has 1 rings (SSSR count). The predicted octanol–water partition coefficient (Wildman–Crippen LogP) is -1.65. The first kappa shape index (κ1) is 13.1. The molecule has 13 heavy (non-hydrogen) atoms. The van der Waals surface area contributed by atoms with Gasteiger partial charge in [-0.05, 0) is 11.1 Å². The maximum atomic E-state index is 12.5. The zero-order valence-corrected chi connectivity index (χ0v) is 9.33. The minimum absolute atomic E-state index is 0. The fraction of sp³-hybridized carbons (Fsp3) is 0. The summed E-state index contributed by atoms with van der Waals surface area (Å²) in [5.74, 6) is -4.01. The van der Waals surface area contributed by atoms with Crippen molar-refractivity contribution in [1.82, 2.24) is 0 Å². The molecule has 1 atom stereocenters. The standard InChI is InChI=1S/C6H3F3O2S.Na/c7-3-1-4(8)6(12(10)11)5(9)2-3;/h1-2H,(H,10,11);/q;+1/p-1. The monoisotopic (exact) mass is 218 g/mol. The van der Waals surface area contributed by atoms with E-state index in [9.17, 15) is 21.9 Å². The van der Waals surface area contributed by atoms with Gasteiger partial charge in [0.15, 0.2) is 0 Å². The third-order valence-electron chi connectivity index (χ3n) is 1.13. The largest absolute Gasteiger partial charge is 1.00 e. The Bertz CT molecular complexity index is 322. The first-order valence-corrected chi connectivity index (χ1v) is 3.83. The van der Waals surface area contributed by atoms with E-state index >= 15 is 0 Å². The van der Waals surface area contributed by atoms with Gasteiger partial charge in [-0.15, -0.1) is 0 Å². The van der Waals surface area contributed by atoms with Crippen LogP contribution in [-0.2, 0) is 11.1 Å². The molecule has 0 aromatic heterocycles. The van der Waals surface area contributed by atoms with Crippen molar-refractivity contribution in [2.24, 2.45) is 0 Å². The predicted molar refractivity (Wildman–Crippen MR) is 33.5 cm³/mol. The second kappa shape index (κ2) is 5.11. The second-order valence-corrected chi connectivity index (χ2v) is 2.81. The van der Waals surface area contributed by atoms with Crippen LogP contribution in [0, 0.1) is 17.5 Å². The zero-order chi connectivity index (χ0) is 9.30. The Morgan fingerprint density at radius 2 is 1.54 bits per heavy atom. The van der Waals surface area contributed by atoms with Gasteiger partial charge in [0.2, 0.25) is 0 Å². The number of hydrogen-bond donors (Lipinski definition) is 0. The normalized spacial score (nSPS) is 12.0. The number of halogens is 3. The van der Waals surface area contributed by atoms with Gasteiger partial charge in [-0.1, -0.05) is 0 Å². The topological polar surface area (TPSA) is 40.1 Å². The van der Waals surface area contributed by atoms with E-state index in [4.69, 9.17) is 0 Å². The average Bonchev–Trinajstić information content (AvgIpc) is 1.82. The van der Waals surface area contributed by atoms with E-state index in [0.717, 1.165) is 0 Å². The summed E-state index contributed by atoms with van der Waals surface area (Å²) in [5, 5.41) is 0. The van der Waals surface area contributed by atoms with Gasteiger partial charge in [-0.25, -0.2) is 13.2 Å². The SMILES string of the molecule is O=S([O-])c1c(F)cc(F)cc1F.[Na+]. The molecule has 0 aliphatic rings. The zero-order valence-electron chi connectivity index (χ0n) is 6.51. The summed E-state index contributed by atoms with van der Waals surface area (Å²) < 4.78 is 57.5. The molecule has 0 heterocycles. The van der Waals surface area contributed by atoms with E-state index in [1.165, 1.54) is 0 Å². The Balaban J connectivity index is 0.00000144. The molecule has 1 aromatic rings. The van der Waals surface area contributed by atoms with Crippen LogP contribution < -0.4 is 29.6 Å². The minimum Gasteiger partial charge on any atom is -0.768 e. The molecule has 66 valence electrons. The maximum Gasteiger partial charge on any atom is 1.00 e. The van der Waals surface area contributed by atoms with Gasteiger partial charge >= 0.3 is 29.6 Å². The molecule has 0 saturated heterocycles. The van der Waals surface area contributed by atoms with Crippen molar-refractivity contribution in [3.05, 3.63) is 29.6 Å². The van der Waals surface area contributed by atoms with Crippen molar-refractivity contribution in [1.29, 1.82) is 0 Å². The van der Waals surface area contributed by atoms with Crippen molar-refractivity contribution >= 4 is 11.1 Å². The van der Waals surface area contributed by atoms with Crippen LogP contribution in [0.25, 0.3) is 0 Å². The smallest absolute Gasteiger partial charge is 0.768 e. The van der Waals surface area contributed by atoms with E-state index in [1.54, 1.807) is 0 Å². The molecule has 0 aliphatic heterocycles. The summed E-state index contributed by atoms with van der Waals surface area (Å²) in [6.07, 6.45) is 0. The van der Waals surface area contributed by atoms with Gasteiger partial charge in [0.1, 0.15) is 17.5 Å². The third kappa shape index (κ3) is 3.07. The van der Waals surface area contributed by atoms with Gasteiger partial charge < -0.3 is 4.55 Å². The quantitative estimate of drug-likeness (QED) is 0.418. The van der Waals surface area contributed by atoms with E-state index in [2.05, 4.69) is 0 Å². The van der Waals surface area contributed by atoms with Crippen molar-refractivity contribution in [2.45, 2.75) is 4.90 Å². The Morgan fingerprint density at radius 1 is 1.15 bits per heavy atom. The van der Waals surface area contributed by atoms with Crippen molar-refractivity contribution in [3.8, 4) is 0 Å². The van der Waals surface area contributed by atoms with Gasteiger partial charge in [0.25, 0.3) is 0 Å². The van der Waals surface area contributed by atoms with Gasteiger partial charge in [-0.3, -0.25) is 4.21 Å². The van der Waals surface area contributed by atoms with Crippen LogP contribution in [0.15, 0.2) is 17.0 Å². The Labute approximate surface area is 96.7 Å². The molecule has 0 amide bonds. The average molecular weight is 218 g/mol. The number of benzene rings is 1. The number of rotatable bonds is 1. The number of hydrogen-bond acceptors (Lipinski definition) is 2.